The van der Waals surface area contributed by atoms with Gasteiger partial charge in [-0.3, -0.25) is 4.98 Å². The Bertz CT molecular complexity index is 2200. The number of pyridine rings is 1. The first-order valence-electron chi connectivity index (χ1n) is 13.6. The number of fused-ring (bicyclic) bond motifs is 4. The Balaban J connectivity index is 1.38. The normalized spacial score (nSPS) is 11.4. The van der Waals surface area contributed by atoms with E-state index in [0.29, 0.717) is 17.5 Å². The van der Waals surface area contributed by atoms with E-state index in [0.717, 1.165) is 49.7 Å². The summed E-state index contributed by atoms with van der Waals surface area (Å²) < 4.78 is 2.31. The summed E-state index contributed by atoms with van der Waals surface area (Å²) in [5, 5.41) is 3.38. The number of benzene rings is 5. The molecule has 0 fully saturated rings. The highest BCUT2D eigenvalue weighted by Gasteiger charge is 2.17. The maximum Gasteiger partial charge on any atom is 0.166 e. The van der Waals surface area contributed by atoms with E-state index in [2.05, 4.69) is 88.4 Å². The van der Waals surface area contributed by atoms with E-state index in [-0.39, 0.29) is 0 Å². The van der Waals surface area contributed by atoms with Crippen LogP contribution in [0.2, 0.25) is 0 Å². The van der Waals surface area contributed by atoms with Crippen molar-refractivity contribution in [1.29, 1.82) is 0 Å². The van der Waals surface area contributed by atoms with Crippen LogP contribution in [-0.2, 0) is 0 Å². The molecule has 5 nitrogen and oxygen atoms in total. The number of aromatic nitrogens is 5. The summed E-state index contributed by atoms with van der Waals surface area (Å²) in [6, 6.07) is 45.6. The van der Waals surface area contributed by atoms with Gasteiger partial charge in [0, 0.05) is 44.7 Å². The number of hydrogen-bond donors (Lipinski definition) is 0. The minimum atomic E-state index is 0.602. The number of nitrogens with zero attached hydrogens (tertiary/aromatic N) is 5. The van der Waals surface area contributed by atoms with Crippen molar-refractivity contribution in [3.63, 3.8) is 0 Å². The molecule has 8 rings (SSSR count). The molecule has 0 amide bonds. The molecular weight excluding hydrogens is 502 g/mol. The Morgan fingerprint density at radius 3 is 2.00 bits per heavy atom. The predicted octanol–water partition coefficient (Wildman–Crippen LogP) is 8.52. The Morgan fingerprint density at radius 1 is 0.463 bits per heavy atom. The number of para-hydroxylation sites is 3. The van der Waals surface area contributed by atoms with Gasteiger partial charge >= 0.3 is 0 Å². The van der Waals surface area contributed by atoms with E-state index >= 15 is 0 Å². The fraction of sp³-hybridized carbons (Fsp3) is 0. The molecule has 0 bridgehead atoms. The molecule has 0 unspecified atom stereocenters. The molecule has 41 heavy (non-hydrogen) atoms. The summed E-state index contributed by atoms with van der Waals surface area (Å²) in [4.78, 5) is 19.6. The lowest BCUT2D eigenvalue weighted by atomic mass is 10.1. The maximum absolute atomic E-state index is 5.03. The van der Waals surface area contributed by atoms with Gasteiger partial charge in [0.25, 0.3) is 0 Å². The van der Waals surface area contributed by atoms with Crippen LogP contribution in [0.4, 0.5) is 0 Å². The van der Waals surface area contributed by atoms with Crippen molar-refractivity contribution < 1.29 is 0 Å². The minimum absolute atomic E-state index is 0.602. The summed E-state index contributed by atoms with van der Waals surface area (Å²) in [6.45, 7) is 0. The van der Waals surface area contributed by atoms with Gasteiger partial charge in [-0.15, -0.1) is 0 Å². The summed E-state index contributed by atoms with van der Waals surface area (Å²) in [5.74, 6) is 1.86. The first-order valence-corrected chi connectivity index (χ1v) is 13.6. The topological polar surface area (TPSA) is 56.5 Å². The van der Waals surface area contributed by atoms with Crippen molar-refractivity contribution in [1.82, 2.24) is 24.5 Å². The average molecular weight is 526 g/mol. The molecule has 5 aromatic carbocycles. The second-order valence-electron chi connectivity index (χ2n) is 9.97. The highest BCUT2D eigenvalue weighted by atomic mass is 15.0. The standard InChI is InChI=1S/C36H23N5/c1-3-11-25(12-4-1)34-38-35(40-36(39-34)29-18-9-13-24-14-10-22-37-33(24)29)26-20-21-32-30(23-26)28-17-7-8-19-31(28)41(32)27-15-5-2-6-16-27/h1-23H. The molecule has 0 aliphatic heterocycles. The van der Waals surface area contributed by atoms with Gasteiger partial charge in [0.05, 0.1) is 16.6 Å². The van der Waals surface area contributed by atoms with E-state index in [9.17, 15) is 0 Å². The predicted molar refractivity (Wildman–Crippen MR) is 166 cm³/mol. The lowest BCUT2D eigenvalue weighted by molar-refractivity contribution is 1.08. The van der Waals surface area contributed by atoms with Gasteiger partial charge in [0.2, 0.25) is 0 Å². The summed E-state index contributed by atoms with van der Waals surface area (Å²) in [7, 11) is 0. The zero-order valence-electron chi connectivity index (χ0n) is 22.0. The second-order valence-corrected chi connectivity index (χ2v) is 9.97. The van der Waals surface area contributed by atoms with Crippen LogP contribution in [0.15, 0.2) is 140 Å². The molecule has 0 aliphatic rings. The van der Waals surface area contributed by atoms with Crippen LogP contribution in [0, 0.1) is 0 Å². The van der Waals surface area contributed by atoms with Crippen LogP contribution >= 0.6 is 0 Å². The van der Waals surface area contributed by atoms with Crippen molar-refractivity contribution in [2.45, 2.75) is 0 Å². The Kier molecular flexibility index (Phi) is 5.38. The van der Waals surface area contributed by atoms with E-state index in [1.54, 1.807) is 0 Å². The van der Waals surface area contributed by atoms with Gasteiger partial charge in [0.1, 0.15) is 0 Å². The van der Waals surface area contributed by atoms with Crippen molar-refractivity contribution >= 4 is 32.7 Å². The van der Waals surface area contributed by atoms with E-state index in [1.165, 1.54) is 5.39 Å². The van der Waals surface area contributed by atoms with Gasteiger partial charge in [-0.1, -0.05) is 84.9 Å². The molecule has 8 aromatic rings. The molecule has 0 N–H and O–H groups in total. The van der Waals surface area contributed by atoms with Crippen molar-refractivity contribution in [2.75, 3.05) is 0 Å². The molecule has 0 spiro atoms. The smallest absolute Gasteiger partial charge is 0.166 e. The van der Waals surface area contributed by atoms with Gasteiger partial charge in [-0.2, -0.15) is 0 Å². The second kappa shape index (κ2) is 9.50. The molecule has 3 aromatic heterocycles. The highest BCUT2D eigenvalue weighted by molar-refractivity contribution is 6.10. The Morgan fingerprint density at radius 2 is 1.15 bits per heavy atom. The fourth-order valence-electron chi connectivity index (χ4n) is 5.59. The third-order valence-electron chi connectivity index (χ3n) is 7.49. The third-order valence-corrected chi connectivity index (χ3v) is 7.49. The summed E-state index contributed by atoms with van der Waals surface area (Å²) in [5.41, 5.74) is 7.04. The van der Waals surface area contributed by atoms with E-state index < -0.39 is 0 Å². The van der Waals surface area contributed by atoms with E-state index in [4.69, 9.17) is 15.0 Å². The lowest BCUT2D eigenvalue weighted by Crippen LogP contribution is -2.01. The summed E-state index contributed by atoms with van der Waals surface area (Å²) >= 11 is 0. The molecule has 0 saturated heterocycles. The third kappa shape index (κ3) is 3.95. The molecule has 192 valence electrons. The molecule has 5 heteroatoms. The average Bonchev–Trinajstić information content (AvgIpc) is 3.39. The van der Waals surface area contributed by atoms with Gasteiger partial charge in [-0.05, 0) is 48.5 Å². The van der Waals surface area contributed by atoms with Crippen LogP contribution in [0.25, 0.3) is 72.6 Å². The van der Waals surface area contributed by atoms with Crippen molar-refractivity contribution in [3.8, 4) is 39.9 Å². The van der Waals surface area contributed by atoms with Crippen LogP contribution in [0.5, 0.6) is 0 Å². The first kappa shape index (κ1) is 23.2. The number of hydrogen-bond acceptors (Lipinski definition) is 4. The van der Waals surface area contributed by atoms with Crippen LogP contribution < -0.4 is 0 Å². The zero-order chi connectivity index (χ0) is 27.2. The van der Waals surface area contributed by atoms with Crippen molar-refractivity contribution in [3.05, 3.63) is 140 Å². The largest absolute Gasteiger partial charge is 0.309 e. The maximum atomic E-state index is 5.03. The molecule has 3 heterocycles. The van der Waals surface area contributed by atoms with Crippen LogP contribution in [0.3, 0.4) is 0 Å². The molecule has 0 radical (unpaired) electrons. The zero-order valence-corrected chi connectivity index (χ0v) is 22.0. The van der Waals surface area contributed by atoms with Gasteiger partial charge < -0.3 is 4.57 Å². The number of rotatable bonds is 4. The van der Waals surface area contributed by atoms with Crippen molar-refractivity contribution in [2.24, 2.45) is 0 Å². The quantitative estimate of drug-likeness (QED) is 0.231. The lowest BCUT2D eigenvalue weighted by Gasteiger charge is -2.10. The molecule has 0 saturated carbocycles. The highest BCUT2D eigenvalue weighted by Crippen LogP contribution is 2.35. The summed E-state index contributed by atoms with van der Waals surface area (Å²) in [6.07, 6.45) is 1.81. The van der Waals surface area contributed by atoms with Gasteiger partial charge in [-0.25, -0.2) is 15.0 Å². The minimum Gasteiger partial charge on any atom is -0.309 e. The molecular formula is C36H23N5. The Labute approximate surface area is 236 Å². The molecule has 0 atom stereocenters. The SMILES string of the molecule is c1ccc(-c2nc(-c3ccc4c(c3)c3ccccc3n4-c3ccccc3)nc(-c3cccc4cccnc34)n2)cc1. The van der Waals surface area contributed by atoms with Crippen LogP contribution in [0.1, 0.15) is 0 Å². The fourth-order valence-corrected chi connectivity index (χ4v) is 5.59. The van der Waals surface area contributed by atoms with E-state index in [1.807, 2.05) is 60.8 Å². The van der Waals surface area contributed by atoms with Crippen LogP contribution in [-0.4, -0.2) is 24.5 Å². The van der Waals surface area contributed by atoms with Gasteiger partial charge in [0.15, 0.2) is 17.5 Å². The monoisotopic (exact) mass is 525 g/mol. The first-order chi connectivity index (χ1) is 20.3. The molecule has 0 aliphatic carbocycles. The Hall–Kier alpha value is -5.68.